The summed E-state index contributed by atoms with van der Waals surface area (Å²) in [7, 11) is 0. The Hall–Kier alpha value is -1.60. The van der Waals surface area contributed by atoms with Gasteiger partial charge in [0.15, 0.2) is 0 Å². The Bertz CT molecular complexity index is 408. The Balaban J connectivity index is 2.75. The van der Waals surface area contributed by atoms with E-state index in [4.69, 9.17) is 10.9 Å². The molecule has 0 saturated carbocycles. The highest BCUT2D eigenvalue weighted by Crippen LogP contribution is 2.12. The van der Waals surface area contributed by atoms with Crippen molar-refractivity contribution in [1.82, 2.24) is 10.7 Å². The van der Waals surface area contributed by atoms with Crippen molar-refractivity contribution in [3.8, 4) is 0 Å². The maximum absolute atomic E-state index is 11.3. The highest BCUT2D eigenvalue weighted by atomic mass is 79.9. The third-order valence-corrected chi connectivity index (χ3v) is 2.64. The molecule has 2 amide bonds. The first kappa shape index (κ1) is 13.5. The zero-order valence-corrected chi connectivity index (χ0v) is 10.4. The highest BCUT2D eigenvalue weighted by Gasteiger charge is 2.19. The molecule has 0 saturated heterocycles. The van der Waals surface area contributed by atoms with E-state index >= 15 is 0 Å². The largest absolute Gasteiger partial charge is 0.465 e. The lowest BCUT2D eigenvalue weighted by molar-refractivity contribution is -0.123. The van der Waals surface area contributed by atoms with Gasteiger partial charge in [-0.05, 0) is 17.7 Å². The molecular weight excluding hydrogens is 290 g/mol. The summed E-state index contributed by atoms with van der Waals surface area (Å²) >= 11 is 3.29. The fourth-order valence-electron chi connectivity index (χ4n) is 1.32. The van der Waals surface area contributed by atoms with Crippen LogP contribution in [0.15, 0.2) is 28.7 Å². The maximum atomic E-state index is 11.3. The molecule has 92 valence electrons. The van der Waals surface area contributed by atoms with Gasteiger partial charge in [-0.1, -0.05) is 28.1 Å². The van der Waals surface area contributed by atoms with E-state index in [1.807, 2.05) is 17.6 Å². The summed E-state index contributed by atoms with van der Waals surface area (Å²) in [6.07, 6.45) is -1.03. The van der Waals surface area contributed by atoms with Crippen molar-refractivity contribution in [3.05, 3.63) is 34.3 Å². The van der Waals surface area contributed by atoms with E-state index in [1.54, 1.807) is 12.1 Å². The van der Waals surface area contributed by atoms with Crippen LogP contribution < -0.4 is 16.6 Å². The Morgan fingerprint density at radius 1 is 1.35 bits per heavy atom. The number of nitrogens with one attached hydrogen (secondary N) is 2. The van der Waals surface area contributed by atoms with Crippen LogP contribution in [-0.4, -0.2) is 23.1 Å². The normalized spacial score (nSPS) is 11.6. The van der Waals surface area contributed by atoms with Gasteiger partial charge in [-0.25, -0.2) is 10.6 Å². The zero-order valence-electron chi connectivity index (χ0n) is 8.81. The molecule has 0 spiro atoms. The van der Waals surface area contributed by atoms with Crippen LogP contribution in [0.5, 0.6) is 0 Å². The minimum absolute atomic E-state index is 0.239. The number of carbonyl (C=O) groups excluding carboxylic acids is 1. The molecule has 1 aromatic rings. The van der Waals surface area contributed by atoms with Crippen molar-refractivity contribution in [3.63, 3.8) is 0 Å². The molecule has 0 fully saturated rings. The molecule has 5 N–H and O–H groups in total. The second kappa shape index (κ2) is 6.21. The SMILES string of the molecule is NNC(=O)[C@H](Cc1ccc(Br)cc1)NC(=O)O. The van der Waals surface area contributed by atoms with E-state index < -0.39 is 18.0 Å². The van der Waals surface area contributed by atoms with Gasteiger partial charge in [0.25, 0.3) is 5.91 Å². The monoisotopic (exact) mass is 301 g/mol. The van der Waals surface area contributed by atoms with E-state index in [2.05, 4.69) is 21.2 Å². The van der Waals surface area contributed by atoms with E-state index in [0.29, 0.717) is 0 Å². The van der Waals surface area contributed by atoms with Crippen LogP contribution in [0.1, 0.15) is 5.56 Å². The second-order valence-electron chi connectivity index (χ2n) is 3.34. The molecule has 0 heterocycles. The predicted molar refractivity (Wildman–Crippen MR) is 65.1 cm³/mol. The lowest BCUT2D eigenvalue weighted by Crippen LogP contribution is -2.49. The van der Waals surface area contributed by atoms with Gasteiger partial charge < -0.3 is 10.4 Å². The van der Waals surface area contributed by atoms with E-state index in [-0.39, 0.29) is 6.42 Å². The molecule has 0 bridgehead atoms. The zero-order chi connectivity index (χ0) is 12.8. The molecule has 0 aromatic heterocycles. The van der Waals surface area contributed by atoms with Crippen molar-refractivity contribution in [2.45, 2.75) is 12.5 Å². The molecule has 1 rings (SSSR count). The number of hydrogen-bond acceptors (Lipinski definition) is 3. The molecule has 0 aliphatic rings. The lowest BCUT2D eigenvalue weighted by atomic mass is 10.1. The molecule has 1 atom stereocenters. The summed E-state index contributed by atoms with van der Waals surface area (Å²) in [5, 5.41) is 10.7. The van der Waals surface area contributed by atoms with Gasteiger partial charge in [0.1, 0.15) is 6.04 Å². The van der Waals surface area contributed by atoms with Gasteiger partial charge >= 0.3 is 6.09 Å². The highest BCUT2D eigenvalue weighted by molar-refractivity contribution is 9.10. The first-order chi connectivity index (χ1) is 8.02. The van der Waals surface area contributed by atoms with Crippen molar-refractivity contribution >= 4 is 27.9 Å². The first-order valence-corrected chi connectivity index (χ1v) is 5.56. The van der Waals surface area contributed by atoms with E-state index in [1.165, 1.54) is 0 Å². The molecule has 1 aromatic carbocycles. The minimum atomic E-state index is -1.27. The summed E-state index contributed by atoms with van der Waals surface area (Å²) in [6.45, 7) is 0. The Morgan fingerprint density at radius 2 is 1.94 bits per heavy atom. The summed E-state index contributed by atoms with van der Waals surface area (Å²) in [5.74, 6) is 4.41. The van der Waals surface area contributed by atoms with Crippen LogP contribution in [0.25, 0.3) is 0 Å². The number of carbonyl (C=O) groups is 2. The summed E-state index contributed by atoms with van der Waals surface area (Å²) in [5.41, 5.74) is 2.76. The minimum Gasteiger partial charge on any atom is -0.465 e. The maximum Gasteiger partial charge on any atom is 0.405 e. The number of nitrogens with two attached hydrogens (primary N) is 1. The number of carboxylic acid groups (broad SMARTS) is 1. The smallest absolute Gasteiger partial charge is 0.405 e. The number of hydrogen-bond donors (Lipinski definition) is 4. The predicted octanol–water partition coefficient (Wildman–Crippen LogP) is 0.618. The van der Waals surface area contributed by atoms with Crippen molar-refractivity contribution < 1.29 is 14.7 Å². The van der Waals surface area contributed by atoms with Gasteiger partial charge in [0.2, 0.25) is 0 Å². The van der Waals surface area contributed by atoms with E-state index in [0.717, 1.165) is 10.0 Å². The Kier molecular flexibility index (Phi) is 4.92. The Labute approximate surface area is 106 Å². The van der Waals surface area contributed by atoms with Crippen molar-refractivity contribution in [2.24, 2.45) is 5.84 Å². The van der Waals surface area contributed by atoms with Crippen molar-refractivity contribution in [2.75, 3.05) is 0 Å². The molecule has 6 nitrogen and oxygen atoms in total. The first-order valence-electron chi connectivity index (χ1n) is 4.77. The molecule has 0 unspecified atom stereocenters. The standard InChI is InChI=1S/C10H12BrN3O3/c11-7-3-1-6(2-4-7)5-8(9(15)14-12)13-10(16)17/h1-4,8,13H,5,12H2,(H,14,15)(H,16,17)/t8-/m0/s1. The molecule has 0 radical (unpaired) electrons. The molecule has 0 aliphatic carbocycles. The third kappa shape index (κ3) is 4.41. The summed E-state index contributed by atoms with van der Waals surface area (Å²) < 4.78 is 0.910. The van der Waals surface area contributed by atoms with Crippen molar-refractivity contribution in [1.29, 1.82) is 0 Å². The molecule has 0 aliphatic heterocycles. The molecule has 17 heavy (non-hydrogen) atoms. The lowest BCUT2D eigenvalue weighted by Gasteiger charge is -2.15. The second-order valence-corrected chi connectivity index (χ2v) is 4.26. The number of rotatable bonds is 4. The van der Waals surface area contributed by atoms with Crippen LogP contribution >= 0.6 is 15.9 Å². The number of benzene rings is 1. The quantitative estimate of drug-likeness (QED) is 0.372. The number of halogens is 1. The topological polar surface area (TPSA) is 104 Å². The van der Waals surface area contributed by atoms with E-state index in [9.17, 15) is 9.59 Å². The molecule has 7 heteroatoms. The van der Waals surface area contributed by atoms with Crippen LogP contribution in [0.4, 0.5) is 4.79 Å². The summed E-state index contributed by atoms with van der Waals surface area (Å²) in [4.78, 5) is 21.9. The Morgan fingerprint density at radius 3 is 2.41 bits per heavy atom. The fourth-order valence-corrected chi connectivity index (χ4v) is 1.58. The number of hydrazine groups is 1. The average molecular weight is 302 g/mol. The number of amides is 2. The fraction of sp³-hybridized carbons (Fsp3) is 0.200. The van der Waals surface area contributed by atoms with Gasteiger partial charge in [-0.2, -0.15) is 0 Å². The van der Waals surface area contributed by atoms with Crippen LogP contribution in [0.2, 0.25) is 0 Å². The van der Waals surface area contributed by atoms with Crippen LogP contribution in [0, 0.1) is 0 Å². The summed E-state index contributed by atoms with van der Waals surface area (Å²) in [6, 6.07) is 6.31. The van der Waals surface area contributed by atoms with Gasteiger partial charge in [-0.15, -0.1) is 0 Å². The third-order valence-electron chi connectivity index (χ3n) is 2.11. The van der Waals surface area contributed by atoms with Crippen LogP contribution in [-0.2, 0) is 11.2 Å². The van der Waals surface area contributed by atoms with Crippen LogP contribution in [0.3, 0.4) is 0 Å². The van der Waals surface area contributed by atoms with Gasteiger partial charge in [0, 0.05) is 10.9 Å². The molecular formula is C10H12BrN3O3. The van der Waals surface area contributed by atoms with Gasteiger partial charge in [-0.3, -0.25) is 10.2 Å². The average Bonchev–Trinajstić information content (AvgIpc) is 2.29. The van der Waals surface area contributed by atoms with Gasteiger partial charge in [0.05, 0.1) is 0 Å².